The van der Waals surface area contributed by atoms with E-state index in [1.54, 1.807) is 0 Å². The van der Waals surface area contributed by atoms with Gasteiger partial charge in [-0.2, -0.15) is 0 Å². The molecule has 2 heterocycles. The molecule has 0 radical (unpaired) electrons. The largest absolute Gasteiger partial charge is 0.449 e. The van der Waals surface area contributed by atoms with Crippen molar-refractivity contribution in [2.24, 2.45) is 5.92 Å². The number of alkyl carbamates (subject to hydrolysis) is 2. The predicted octanol–water partition coefficient (Wildman–Crippen LogP) is 7.51. The van der Waals surface area contributed by atoms with Gasteiger partial charge in [-0.25, -0.2) is 9.59 Å². The number of hydrogen-bond acceptors (Lipinski definition) is 8. The Morgan fingerprint density at radius 3 is 1.81 bits per heavy atom. The van der Waals surface area contributed by atoms with E-state index in [1.165, 1.54) is 33.4 Å². The van der Waals surface area contributed by atoms with Gasteiger partial charge in [0.25, 0.3) is 0 Å². The van der Waals surface area contributed by atoms with Gasteiger partial charge in [0.2, 0.25) is 11.8 Å². The van der Waals surface area contributed by atoms with Crippen molar-refractivity contribution in [1.29, 1.82) is 0 Å². The molecule has 1 aromatic heterocycles. The molecule has 5 aromatic rings. The van der Waals surface area contributed by atoms with Gasteiger partial charge in [-0.15, -0.1) is 10.2 Å². The molecule has 3 N–H and O–H groups in total. The number of fused-ring (bicyclic) bond motifs is 6. The van der Waals surface area contributed by atoms with Crippen molar-refractivity contribution in [2.45, 2.75) is 50.0 Å². The molecule has 10 heteroatoms. The summed E-state index contributed by atoms with van der Waals surface area (Å²) in [6.45, 7) is 2.82. The van der Waals surface area contributed by atoms with E-state index in [0.717, 1.165) is 30.6 Å². The van der Waals surface area contributed by atoms with Crippen LogP contribution < -0.4 is 16.0 Å². The number of carbonyl (C=O) groups excluding carboxylic acids is 2. The Morgan fingerprint density at radius 1 is 0.731 bits per heavy atom. The molecule has 0 saturated carbocycles. The highest BCUT2D eigenvalue weighted by Gasteiger charge is 2.31. The molecule has 2 aliphatic carbocycles. The quantitative estimate of drug-likeness (QED) is 0.108. The van der Waals surface area contributed by atoms with Crippen LogP contribution in [0.25, 0.3) is 22.3 Å². The maximum Gasteiger partial charge on any atom is 0.407 e. The van der Waals surface area contributed by atoms with Gasteiger partial charge in [0.1, 0.15) is 19.3 Å². The van der Waals surface area contributed by atoms with Crippen molar-refractivity contribution in [3.63, 3.8) is 0 Å². The Balaban J connectivity index is 0.851. The Morgan fingerprint density at radius 2 is 1.27 bits per heavy atom. The van der Waals surface area contributed by atoms with Gasteiger partial charge in [-0.3, -0.25) is 0 Å². The molecule has 0 bridgehead atoms. The van der Waals surface area contributed by atoms with E-state index in [1.807, 2.05) is 48.5 Å². The van der Waals surface area contributed by atoms with Crippen LogP contribution >= 0.6 is 0 Å². The molecule has 8 rings (SSSR count). The van der Waals surface area contributed by atoms with Gasteiger partial charge in [0.15, 0.2) is 0 Å². The number of hydrogen-bond donors (Lipinski definition) is 3. The molecule has 3 aliphatic rings. The first kappa shape index (κ1) is 33.7. The lowest BCUT2D eigenvalue weighted by molar-refractivity contribution is 0.136. The zero-order chi connectivity index (χ0) is 35.3. The fourth-order valence-electron chi connectivity index (χ4n) is 7.98. The lowest BCUT2D eigenvalue weighted by atomic mass is 9.98. The lowest BCUT2D eigenvalue weighted by Crippen LogP contribution is -2.31. The van der Waals surface area contributed by atoms with Gasteiger partial charge < -0.3 is 29.8 Å². The molecular weight excluding hydrogens is 654 g/mol. The number of amides is 2. The number of nitrogens with one attached hydrogen (secondary N) is 3. The molecule has 1 fully saturated rings. The normalized spacial score (nSPS) is 16.4. The SMILES string of the molecule is O=C(NCCCC[C@@H](NC(=O)OCC1c2ccccc2-c2ccccc21)c1nnc(C[C@H]2CCNC2)o1)OCC1c2ccccc2-c2ccccc21. The van der Waals surface area contributed by atoms with Crippen LogP contribution in [0.15, 0.2) is 101 Å². The monoisotopic (exact) mass is 697 g/mol. The van der Waals surface area contributed by atoms with E-state index < -0.39 is 18.2 Å². The second-order valence-electron chi connectivity index (χ2n) is 13.9. The highest BCUT2D eigenvalue weighted by atomic mass is 16.6. The molecule has 1 aliphatic heterocycles. The van der Waals surface area contributed by atoms with E-state index in [-0.39, 0.29) is 25.0 Å². The third-order valence-electron chi connectivity index (χ3n) is 10.6. The van der Waals surface area contributed by atoms with Crippen molar-refractivity contribution in [3.05, 3.63) is 131 Å². The van der Waals surface area contributed by atoms with Crippen LogP contribution in [0.4, 0.5) is 9.59 Å². The molecule has 2 atom stereocenters. The summed E-state index contributed by atoms with van der Waals surface area (Å²) in [6.07, 6.45) is 2.66. The maximum atomic E-state index is 13.3. The standard InChI is InChI=1S/C42H43N5O5/c48-41(50-25-36-32-15-5-1-11-28(32)29-12-2-6-16-33(29)36)44-21-10-9-19-38(40-47-46-39(52-40)23-27-20-22-43-24-27)45-42(49)51-26-37-34-17-7-3-13-30(34)31-14-4-8-18-35(31)37/h1-8,11-18,27,36-38,43H,9-10,19-26H2,(H,44,48)(H,45,49)/t27-,38-/m1/s1. The average molecular weight is 698 g/mol. The first-order valence-corrected chi connectivity index (χ1v) is 18.4. The molecule has 0 spiro atoms. The summed E-state index contributed by atoms with van der Waals surface area (Å²) < 4.78 is 17.6. The Bertz CT molecular complexity index is 1950. The molecular formula is C42H43N5O5. The Kier molecular flexibility index (Phi) is 9.97. The smallest absolute Gasteiger partial charge is 0.407 e. The number of aromatic nitrogens is 2. The molecule has 1 saturated heterocycles. The molecule has 0 unspecified atom stereocenters. The van der Waals surface area contributed by atoms with Crippen molar-refractivity contribution < 1.29 is 23.5 Å². The summed E-state index contributed by atoms with van der Waals surface area (Å²) in [5.74, 6) is 1.34. The molecule has 52 heavy (non-hydrogen) atoms. The minimum Gasteiger partial charge on any atom is -0.449 e. The highest BCUT2D eigenvalue weighted by Crippen LogP contribution is 2.45. The number of unbranched alkanes of at least 4 members (excludes halogenated alkanes) is 1. The zero-order valence-electron chi connectivity index (χ0n) is 29.1. The van der Waals surface area contributed by atoms with E-state index in [2.05, 4.69) is 74.7 Å². The van der Waals surface area contributed by atoms with Gasteiger partial charge in [-0.1, -0.05) is 97.1 Å². The predicted molar refractivity (Wildman–Crippen MR) is 197 cm³/mol. The van der Waals surface area contributed by atoms with Crippen LogP contribution in [0.3, 0.4) is 0 Å². The summed E-state index contributed by atoms with van der Waals surface area (Å²) in [6, 6.07) is 32.6. The number of nitrogens with zero attached hydrogens (tertiary/aromatic N) is 2. The lowest BCUT2D eigenvalue weighted by Gasteiger charge is -2.18. The van der Waals surface area contributed by atoms with Crippen LogP contribution in [-0.4, -0.2) is 55.2 Å². The van der Waals surface area contributed by atoms with Crippen molar-refractivity contribution >= 4 is 12.2 Å². The average Bonchev–Trinajstić information content (AvgIpc) is 3.98. The maximum absolute atomic E-state index is 13.3. The van der Waals surface area contributed by atoms with Crippen LogP contribution in [0.1, 0.15) is 77.6 Å². The molecule has 2 amide bonds. The summed E-state index contributed by atoms with van der Waals surface area (Å²) in [4.78, 5) is 26.0. The summed E-state index contributed by atoms with van der Waals surface area (Å²) >= 11 is 0. The van der Waals surface area contributed by atoms with Crippen LogP contribution in [0.2, 0.25) is 0 Å². The van der Waals surface area contributed by atoms with Crippen molar-refractivity contribution in [2.75, 3.05) is 32.8 Å². The first-order valence-electron chi connectivity index (χ1n) is 18.4. The summed E-state index contributed by atoms with van der Waals surface area (Å²) in [5.41, 5.74) is 9.39. The minimum absolute atomic E-state index is 0.00660. The topological polar surface area (TPSA) is 128 Å². The van der Waals surface area contributed by atoms with E-state index >= 15 is 0 Å². The van der Waals surface area contributed by atoms with E-state index in [9.17, 15) is 9.59 Å². The Hall–Kier alpha value is -5.48. The number of rotatable bonds is 13. The van der Waals surface area contributed by atoms with Gasteiger partial charge in [-0.05, 0) is 89.2 Å². The number of benzene rings is 4. The Labute approximate surface area is 303 Å². The van der Waals surface area contributed by atoms with E-state index in [4.69, 9.17) is 13.9 Å². The summed E-state index contributed by atoms with van der Waals surface area (Å²) in [5, 5.41) is 17.9. The number of ether oxygens (including phenoxy) is 2. The van der Waals surface area contributed by atoms with Gasteiger partial charge in [0, 0.05) is 24.8 Å². The van der Waals surface area contributed by atoms with Crippen molar-refractivity contribution in [3.8, 4) is 22.3 Å². The zero-order valence-corrected chi connectivity index (χ0v) is 29.1. The van der Waals surface area contributed by atoms with Crippen LogP contribution in [0.5, 0.6) is 0 Å². The molecule has 266 valence electrons. The molecule has 10 nitrogen and oxygen atoms in total. The fraction of sp³-hybridized carbons (Fsp3) is 0.333. The van der Waals surface area contributed by atoms with Gasteiger partial charge in [0.05, 0.1) is 0 Å². The first-order chi connectivity index (χ1) is 25.6. The van der Waals surface area contributed by atoms with Crippen LogP contribution in [0, 0.1) is 5.92 Å². The van der Waals surface area contributed by atoms with Crippen LogP contribution in [-0.2, 0) is 15.9 Å². The third-order valence-corrected chi connectivity index (χ3v) is 10.6. The second kappa shape index (κ2) is 15.4. The third kappa shape index (κ3) is 7.16. The second-order valence-corrected chi connectivity index (χ2v) is 13.9. The number of carbonyl (C=O) groups is 2. The fourth-order valence-corrected chi connectivity index (χ4v) is 7.98. The minimum atomic E-state index is -0.539. The van der Waals surface area contributed by atoms with Crippen molar-refractivity contribution in [1.82, 2.24) is 26.1 Å². The van der Waals surface area contributed by atoms with Gasteiger partial charge >= 0.3 is 12.2 Å². The highest BCUT2D eigenvalue weighted by molar-refractivity contribution is 5.80. The summed E-state index contributed by atoms with van der Waals surface area (Å²) in [7, 11) is 0. The van der Waals surface area contributed by atoms with E-state index in [0.29, 0.717) is 49.9 Å². The molecule has 4 aromatic carbocycles.